The Kier molecular flexibility index (Phi) is 6.51. The molecule has 8 rings (SSSR count). The first-order chi connectivity index (χ1) is 20.0. The van der Waals surface area contributed by atoms with E-state index in [9.17, 15) is 9.59 Å². The Hall–Kier alpha value is -1.18. The van der Waals surface area contributed by atoms with Gasteiger partial charge in [-0.25, -0.2) is 0 Å². The van der Waals surface area contributed by atoms with Gasteiger partial charge in [-0.05, 0) is 111 Å². The number of nitrogens with one attached hydrogen (secondary N) is 2. The van der Waals surface area contributed by atoms with Gasteiger partial charge in [0, 0.05) is 31.6 Å². The van der Waals surface area contributed by atoms with Crippen LogP contribution < -0.4 is 10.6 Å². The maximum absolute atomic E-state index is 12.9. The van der Waals surface area contributed by atoms with Crippen molar-refractivity contribution < 1.29 is 19.1 Å². The highest BCUT2D eigenvalue weighted by Crippen LogP contribution is 2.71. The molecule has 2 N–H and O–H groups in total. The Morgan fingerprint density at radius 1 is 0.929 bits per heavy atom. The van der Waals surface area contributed by atoms with Crippen LogP contribution in [0, 0.1) is 57.7 Å². The molecule has 8 aliphatic rings. The summed E-state index contributed by atoms with van der Waals surface area (Å²) < 4.78 is 12.4. The average Bonchev–Trinajstić information content (AvgIpc) is 3.34. The fraction of sp³-hybridized carbons (Fsp3) is 0.943. The highest BCUT2D eigenvalue weighted by Gasteiger charge is 2.68. The summed E-state index contributed by atoms with van der Waals surface area (Å²) in [6, 6.07) is 0.221. The van der Waals surface area contributed by atoms with Crippen molar-refractivity contribution in [2.45, 2.75) is 116 Å². The highest BCUT2D eigenvalue weighted by atomic mass is 16.5. The van der Waals surface area contributed by atoms with Crippen LogP contribution in [-0.4, -0.2) is 67.4 Å². The second-order valence-corrected chi connectivity index (χ2v) is 17.3. The number of ether oxygens (including phenoxy) is 2. The third-order valence-corrected chi connectivity index (χ3v) is 15.0. The maximum Gasteiger partial charge on any atom is 0.232 e. The minimum atomic E-state index is -0.0767. The van der Waals surface area contributed by atoms with E-state index in [1.54, 1.807) is 0 Å². The number of hydrogen-bond donors (Lipinski definition) is 2. The quantitative estimate of drug-likeness (QED) is 0.471. The SMILES string of the molecule is C[C@@H]1CC[C@@]2(NC1)O[C@H]1C[C@H]3[C@@H]4CC[C@H]5C[C@H](NC(=O)CC(=O)N6CC7(COC7)C6)CC[C@]5(C)[C@H]4CC[C@]3(C)[C@H]1[C@@H]2C. The minimum Gasteiger partial charge on any atom is -0.380 e. The topological polar surface area (TPSA) is 79.9 Å². The van der Waals surface area contributed by atoms with E-state index in [1.165, 1.54) is 51.4 Å². The number of carbonyl (C=O) groups excluding carboxylic acids is 2. The molecule has 8 fully saturated rings. The van der Waals surface area contributed by atoms with E-state index >= 15 is 0 Å². The summed E-state index contributed by atoms with van der Waals surface area (Å²) in [6.45, 7) is 14.3. The third kappa shape index (κ3) is 4.07. The summed E-state index contributed by atoms with van der Waals surface area (Å²) >= 11 is 0. The zero-order valence-corrected chi connectivity index (χ0v) is 26.6. The molecule has 2 spiro atoms. The van der Waals surface area contributed by atoms with E-state index < -0.39 is 0 Å². The number of rotatable bonds is 3. The molecule has 0 bridgehead atoms. The van der Waals surface area contributed by atoms with Crippen molar-refractivity contribution in [1.82, 2.24) is 15.5 Å². The molecule has 4 saturated carbocycles. The summed E-state index contributed by atoms with van der Waals surface area (Å²) in [6.07, 6.45) is 12.9. The van der Waals surface area contributed by atoms with Gasteiger partial charge in [-0.1, -0.05) is 27.7 Å². The van der Waals surface area contributed by atoms with Gasteiger partial charge in [0.2, 0.25) is 11.8 Å². The van der Waals surface area contributed by atoms with Gasteiger partial charge >= 0.3 is 0 Å². The van der Waals surface area contributed by atoms with E-state index in [-0.39, 0.29) is 35.4 Å². The van der Waals surface area contributed by atoms with Gasteiger partial charge < -0.3 is 19.7 Å². The lowest BCUT2D eigenvalue weighted by Crippen LogP contribution is -2.67. The van der Waals surface area contributed by atoms with Gasteiger partial charge in [0.05, 0.1) is 24.7 Å². The molecule has 4 aliphatic carbocycles. The first-order valence-corrected chi connectivity index (χ1v) is 17.6. The van der Waals surface area contributed by atoms with Gasteiger partial charge in [0.25, 0.3) is 0 Å². The zero-order chi connectivity index (χ0) is 29.1. The Morgan fingerprint density at radius 2 is 1.71 bits per heavy atom. The fourth-order valence-corrected chi connectivity index (χ4v) is 12.6. The maximum atomic E-state index is 12.9. The molecule has 4 aliphatic heterocycles. The predicted molar refractivity (Wildman–Crippen MR) is 160 cm³/mol. The van der Waals surface area contributed by atoms with E-state index in [0.717, 1.165) is 69.4 Å². The molecule has 12 atom stereocenters. The molecular weight excluding hydrogens is 526 g/mol. The number of fused-ring (bicyclic) bond motifs is 7. The Morgan fingerprint density at radius 3 is 2.43 bits per heavy atom. The van der Waals surface area contributed by atoms with Crippen LogP contribution in [0.5, 0.6) is 0 Å². The summed E-state index contributed by atoms with van der Waals surface area (Å²) in [5.74, 6) is 5.05. The van der Waals surface area contributed by atoms with Crippen LogP contribution in [0.25, 0.3) is 0 Å². The molecule has 234 valence electrons. The highest BCUT2D eigenvalue weighted by molar-refractivity contribution is 5.97. The zero-order valence-electron chi connectivity index (χ0n) is 26.6. The smallest absolute Gasteiger partial charge is 0.232 e. The van der Waals surface area contributed by atoms with Crippen LogP contribution in [0.3, 0.4) is 0 Å². The van der Waals surface area contributed by atoms with Crippen LogP contribution in [0.4, 0.5) is 0 Å². The molecule has 0 aromatic heterocycles. The number of amides is 2. The first kappa shape index (κ1) is 28.3. The monoisotopic (exact) mass is 581 g/mol. The molecule has 4 heterocycles. The number of piperidine rings is 1. The third-order valence-electron chi connectivity index (χ3n) is 15.0. The van der Waals surface area contributed by atoms with E-state index in [4.69, 9.17) is 9.47 Å². The van der Waals surface area contributed by atoms with Crippen molar-refractivity contribution in [2.24, 2.45) is 57.7 Å². The molecule has 42 heavy (non-hydrogen) atoms. The first-order valence-electron chi connectivity index (χ1n) is 17.6. The summed E-state index contributed by atoms with van der Waals surface area (Å²) in [7, 11) is 0. The normalized spacial score (nSPS) is 52.0. The van der Waals surface area contributed by atoms with Crippen LogP contribution in [0.1, 0.15) is 98.3 Å². The predicted octanol–water partition coefficient (Wildman–Crippen LogP) is 4.74. The van der Waals surface area contributed by atoms with E-state index in [2.05, 4.69) is 38.3 Å². The van der Waals surface area contributed by atoms with Gasteiger partial charge in [-0.15, -0.1) is 0 Å². The van der Waals surface area contributed by atoms with Crippen molar-refractivity contribution >= 4 is 11.8 Å². The number of nitrogens with zero attached hydrogens (tertiary/aromatic N) is 1. The minimum absolute atomic E-state index is 0.00100. The van der Waals surface area contributed by atoms with Crippen molar-refractivity contribution in [1.29, 1.82) is 0 Å². The van der Waals surface area contributed by atoms with E-state index in [1.807, 2.05) is 4.90 Å². The number of carbonyl (C=O) groups is 2. The number of hydrogen-bond acceptors (Lipinski definition) is 5. The van der Waals surface area contributed by atoms with Gasteiger partial charge in [0.1, 0.15) is 12.1 Å². The molecule has 2 amide bonds. The summed E-state index contributed by atoms with van der Waals surface area (Å²) in [5, 5.41) is 7.20. The molecule has 0 radical (unpaired) electrons. The molecule has 0 aromatic rings. The molecule has 0 unspecified atom stereocenters. The average molecular weight is 582 g/mol. The largest absolute Gasteiger partial charge is 0.380 e. The lowest BCUT2D eigenvalue weighted by atomic mass is 9.44. The second kappa shape index (κ2) is 9.66. The number of likely N-dealkylation sites (tertiary alicyclic amines) is 1. The molecule has 7 heteroatoms. The van der Waals surface area contributed by atoms with Crippen LogP contribution >= 0.6 is 0 Å². The van der Waals surface area contributed by atoms with Crippen LogP contribution in [0.2, 0.25) is 0 Å². The van der Waals surface area contributed by atoms with Crippen molar-refractivity contribution in [2.75, 3.05) is 32.8 Å². The molecule has 4 saturated heterocycles. The van der Waals surface area contributed by atoms with E-state index in [0.29, 0.717) is 34.7 Å². The van der Waals surface area contributed by atoms with Gasteiger partial charge in [-0.3, -0.25) is 14.9 Å². The van der Waals surface area contributed by atoms with Crippen molar-refractivity contribution in [3.05, 3.63) is 0 Å². The second-order valence-electron chi connectivity index (χ2n) is 17.3. The summed E-state index contributed by atoms with van der Waals surface area (Å²) in [5.41, 5.74) is 0.908. The Bertz CT molecular complexity index is 1110. The lowest BCUT2D eigenvalue weighted by molar-refractivity contribution is -0.195. The Labute approximate surface area is 253 Å². The van der Waals surface area contributed by atoms with Crippen molar-refractivity contribution in [3.63, 3.8) is 0 Å². The molecule has 7 nitrogen and oxygen atoms in total. The van der Waals surface area contributed by atoms with Crippen LogP contribution in [-0.2, 0) is 19.1 Å². The fourth-order valence-electron chi connectivity index (χ4n) is 12.6. The summed E-state index contributed by atoms with van der Waals surface area (Å²) in [4.78, 5) is 27.4. The van der Waals surface area contributed by atoms with Crippen LogP contribution in [0.15, 0.2) is 0 Å². The lowest BCUT2D eigenvalue weighted by Gasteiger charge is -2.61. The van der Waals surface area contributed by atoms with Gasteiger partial charge in [-0.2, -0.15) is 0 Å². The molecular formula is C35H55N3O4. The molecule has 0 aromatic carbocycles. The Balaban J connectivity index is 0.890. The van der Waals surface area contributed by atoms with Crippen molar-refractivity contribution in [3.8, 4) is 0 Å². The standard InChI is InChI=1S/C35H55N3O4/c1-21-7-12-35(36-16-21)22(2)31-28(42-35)14-27-25-6-5-23-13-24(8-10-32(23,3)26(25)9-11-33(27,31)4)37-29(39)15-30(40)38-17-34(18-38)19-41-20-34/h21-28,31,36H,5-20H2,1-4H3,(H,37,39)/t21-,22+,23+,24-,25-,26+,27+,28+,31+,32+,33+,35-/m1/s1. The van der Waals surface area contributed by atoms with Gasteiger partial charge in [0.15, 0.2) is 0 Å².